The molecule has 0 fully saturated rings. The van der Waals surface area contributed by atoms with Crippen LogP contribution in [0.5, 0.6) is 0 Å². The second-order valence-corrected chi connectivity index (χ2v) is 4.12. The quantitative estimate of drug-likeness (QED) is 0.855. The van der Waals surface area contributed by atoms with Crippen LogP contribution in [0.1, 0.15) is 11.1 Å². The zero-order valence-corrected chi connectivity index (χ0v) is 9.73. The Labute approximate surface area is 98.1 Å². The average molecular weight is 231 g/mol. The highest BCUT2D eigenvalue weighted by molar-refractivity contribution is 5.86. The first kappa shape index (κ1) is 11.4. The highest BCUT2D eigenvalue weighted by Crippen LogP contribution is 2.19. The van der Waals surface area contributed by atoms with Crippen LogP contribution in [0.4, 0.5) is 0 Å². The summed E-state index contributed by atoms with van der Waals surface area (Å²) in [6, 6.07) is 7.15. The molecular formula is C13H13NO3. The van der Waals surface area contributed by atoms with E-state index in [1.54, 1.807) is 0 Å². The number of carbonyl (C=O) groups is 1. The molecule has 0 saturated heterocycles. The van der Waals surface area contributed by atoms with Gasteiger partial charge in [0.2, 0.25) is 0 Å². The Kier molecular flexibility index (Phi) is 2.71. The van der Waals surface area contributed by atoms with E-state index in [-0.39, 0.29) is 12.1 Å². The van der Waals surface area contributed by atoms with Crippen LogP contribution < -0.4 is 5.56 Å². The minimum Gasteiger partial charge on any atom is -0.480 e. The van der Waals surface area contributed by atoms with Gasteiger partial charge in [-0.15, -0.1) is 0 Å². The molecule has 0 bridgehead atoms. The summed E-state index contributed by atoms with van der Waals surface area (Å²) in [4.78, 5) is 22.6. The van der Waals surface area contributed by atoms with E-state index < -0.39 is 5.97 Å². The smallest absolute Gasteiger partial charge is 0.323 e. The molecule has 88 valence electrons. The molecule has 1 aromatic heterocycles. The molecule has 0 spiro atoms. The SMILES string of the molecule is Cc1cc(=O)n(CC(=O)O)c2c(C)cccc12. The van der Waals surface area contributed by atoms with Crippen molar-refractivity contribution in [3.63, 3.8) is 0 Å². The number of nitrogens with zero attached hydrogens (tertiary/aromatic N) is 1. The minimum absolute atomic E-state index is 0.272. The van der Waals surface area contributed by atoms with Gasteiger partial charge >= 0.3 is 5.97 Å². The summed E-state index contributed by atoms with van der Waals surface area (Å²) in [6.07, 6.45) is 0. The van der Waals surface area contributed by atoms with Gasteiger partial charge in [0.1, 0.15) is 6.54 Å². The van der Waals surface area contributed by atoms with Gasteiger partial charge in [0.05, 0.1) is 5.52 Å². The van der Waals surface area contributed by atoms with Crippen LogP contribution in [0.15, 0.2) is 29.1 Å². The molecule has 1 aromatic carbocycles. The lowest BCUT2D eigenvalue weighted by molar-refractivity contribution is -0.137. The van der Waals surface area contributed by atoms with Crippen molar-refractivity contribution in [2.45, 2.75) is 20.4 Å². The normalized spacial score (nSPS) is 10.7. The largest absolute Gasteiger partial charge is 0.480 e. The third-order valence-electron chi connectivity index (χ3n) is 2.83. The van der Waals surface area contributed by atoms with Crippen LogP contribution in [0.2, 0.25) is 0 Å². The Morgan fingerprint density at radius 2 is 2.00 bits per heavy atom. The number of rotatable bonds is 2. The third kappa shape index (κ3) is 1.93. The van der Waals surface area contributed by atoms with E-state index in [2.05, 4.69) is 0 Å². The van der Waals surface area contributed by atoms with E-state index in [1.807, 2.05) is 32.0 Å². The number of fused-ring (bicyclic) bond motifs is 1. The van der Waals surface area contributed by atoms with E-state index in [9.17, 15) is 9.59 Å². The van der Waals surface area contributed by atoms with Gasteiger partial charge in [0.25, 0.3) is 5.56 Å². The van der Waals surface area contributed by atoms with Crippen LogP contribution in [0.3, 0.4) is 0 Å². The van der Waals surface area contributed by atoms with Gasteiger partial charge in [-0.2, -0.15) is 0 Å². The van der Waals surface area contributed by atoms with E-state index in [4.69, 9.17) is 5.11 Å². The molecule has 0 aliphatic carbocycles. The van der Waals surface area contributed by atoms with Gasteiger partial charge in [-0.25, -0.2) is 0 Å². The molecule has 2 aromatic rings. The van der Waals surface area contributed by atoms with Gasteiger partial charge < -0.3 is 5.11 Å². The zero-order chi connectivity index (χ0) is 12.6. The number of hydrogen-bond acceptors (Lipinski definition) is 2. The average Bonchev–Trinajstić information content (AvgIpc) is 2.24. The highest BCUT2D eigenvalue weighted by Gasteiger charge is 2.10. The Morgan fingerprint density at radius 3 is 2.65 bits per heavy atom. The summed E-state index contributed by atoms with van der Waals surface area (Å²) in [7, 11) is 0. The second kappa shape index (κ2) is 4.05. The fourth-order valence-corrected chi connectivity index (χ4v) is 2.08. The monoisotopic (exact) mass is 231 g/mol. The maximum atomic E-state index is 11.8. The summed E-state index contributed by atoms with van der Waals surface area (Å²) >= 11 is 0. The molecular weight excluding hydrogens is 218 g/mol. The lowest BCUT2D eigenvalue weighted by Gasteiger charge is -2.12. The van der Waals surface area contributed by atoms with Crippen molar-refractivity contribution in [1.29, 1.82) is 0 Å². The zero-order valence-electron chi connectivity index (χ0n) is 9.73. The predicted molar refractivity (Wildman–Crippen MR) is 65.3 cm³/mol. The van der Waals surface area contributed by atoms with Crippen LogP contribution in [0, 0.1) is 13.8 Å². The first-order valence-electron chi connectivity index (χ1n) is 5.32. The summed E-state index contributed by atoms with van der Waals surface area (Å²) in [6.45, 7) is 3.42. The van der Waals surface area contributed by atoms with Crippen LogP contribution in [-0.4, -0.2) is 15.6 Å². The number of pyridine rings is 1. The number of carboxylic acids is 1. The van der Waals surface area contributed by atoms with Gasteiger partial charge in [0.15, 0.2) is 0 Å². The first-order chi connectivity index (χ1) is 8.00. The van der Waals surface area contributed by atoms with E-state index >= 15 is 0 Å². The second-order valence-electron chi connectivity index (χ2n) is 4.12. The molecule has 2 rings (SSSR count). The van der Waals surface area contributed by atoms with Crippen LogP contribution in [-0.2, 0) is 11.3 Å². The van der Waals surface area contributed by atoms with E-state index in [0.717, 1.165) is 16.5 Å². The lowest BCUT2D eigenvalue weighted by Crippen LogP contribution is -2.24. The molecule has 4 nitrogen and oxygen atoms in total. The summed E-state index contributed by atoms with van der Waals surface area (Å²) in [5.41, 5.74) is 2.21. The van der Waals surface area contributed by atoms with Crippen LogP contribution in [0.25, 0.3) is 10.9 Å². The van der Waals surface area contributed by atoms with Gasteiger partial charge in [-0.1, -0.05) is 18.2 Å². The number of aliphatic carboxylic acids is 1. The number of carboxylic acid groups (broad SMARTS) is 1. The van der Waals surface area contributed by atoms with Crippen molar-refractivity contribution in [3.05, 3.63) is 45.7 Å². The molecule has 0 unspecified atom stereocenters. The Balaban J connectivity index is 2.90. The molecule has 0 aliphatic heterocycles. The van der Waals surface area contributed by atoms with Gasteiger partial charge in [-0.3, -0.25) is 14.2 Å². The van der Waals surface area contributed by atoms with Crippen molar-refractivity contribution in [2.24, 2.45) is 0 Å². The molecule has 0 aliphatic rings. The molecule has 17 heavy (non-hydrogen) atoms. The molecule has 4 heteroatoms. The first-order valence-corrected chi connectivity index (χ1v) is 5.32. The lowest BCUT2D eigenvalue weighted by atomic mass is 10.1. The van der Waals surface area contributed by atoms with Gasteiger partial charge in [0, 0.05) is 11.5 Å². The fourth-order valence-electron chi connectivity index (χ4n) is 2.08. The van der Waals surface area contributed by atoms with Crippen molar-refractivity contribution in [2.75, 3.05) is 0 Å². The molecule has 0 saturated carbocycles. The number of hydrogen-bond donors (Lipinski definition) is 1. The molecule has 1 N–H and O–H groups in total. The number of para-hydroxylation sites is 1. The van der Waals surface area contributed by atoms with Crippen molar-refractivity contribution in [1.82, 2.24) is 4.57 Å². The van der Waals surface area contributed by atoms with E-state index in [1.165, 1.54) is 10.6 Å². The molecule has 0 radical (unpaired) electrons. The summed E-state index contributed by atoms with van der Waals surface area (Å²) in [5, 5.41) is 9.77. The van der Waals surface area contributed by atoms with Gasteiger partial charge in [-0.05, 0) is 25.0 Å². The molecule has 0 amide bonds. The maximum absolute atomic E-state index is 11.8. The highest BCUT2D eigenvalue weighted by atomic mass is 16.4. The molecule has 1 heterocycles. The minimum atomic E-state index is -1.01. The number of benzene rings is 1. The van der Waals surface area contributed by atoms with Crippen LogP contribution >= 0.6 is 0 Å². The maximum Gasteiger partial charge on any atom is 0.323 e. The third-order valence-corrected chi connectivity index (χ3v) is 2.83. The summed E-state index contributed by atoms with van der Waals surface area (Å²) < 4.78 is 1.31. The molecule has 0 atom stereocenters. The standard InChI is InChI=1S/C13H13NO3/c1-8-4-3-5-10-9(2)6-11(15)14(13(8)10)7-12(16)17/h3-6H,7H2,1-2H3,(H,16,17). The van der Waals surface area contributed by atoms with Crippen molar-refractivity contribution >= 4 is 16.9 Å². The fraction of sp³-hybridized carbons (Fsp3) is 0.231. The Bertz CT molecular complexity index is 655. The van der Waals surface area contributed by atoms with Crippen molar-refractivity contribution in [3.8, 4) is 0 Å². The number of aromatic nitrogens is 1. The topological polar surface area (TPSA) is 59.3 Å². The Hall–Kier alpha value is -2.10. The Morgan fingerprint density at radius 1 is 1.29 bits per heavy atom. The van der Waals surface area contributed by atoms with E-state index in [0.29, 0.717) is 5.52 Å². The van der Waals surface area contributed by atoms with Crippen molar-refractivity contribution < 1.29 is 9.90 Å². The predicted octanol–water partition coefficient (Wildman–Crippen LogP) is 1.70. The summed E-state index contributed by atoms with van der Waals surface area (Å²) in [5.74, 6) is -1.01. The number of aryl methyl sites for hydroxylation is 2.